The van der Waals surface area contributed by atoms with Crippen molar-refractivity contribution >= 4 is 0 Å². The van der Waals surface area contributed by atoms with Crippen LogP contribution in [0.3, 0.4) is 0 Å². The SMILES string of the molecule is CCOCCN1CC(O)CC1CC. The molecule has 1 rings (SSSR count). The molecule has 1 aliphatic rings. The van der Waals surface area contributed by atoms with Crippen molar-refractivity contribution in [1.82, 2.24) is 4.90 Å². The Morgan fingerprint density at radius 3 is 2.85 bits per heavy atom. The van der Waals surface area contributed by atoms with Gasteiger partial charge in [0.1, 0.15) is 0 Å². The van der Waals surface area contributed by atoms with Crippen LogP contribution in [0.4, 0.5) is 0 Å². The van der Waals surface area contributed by atoms with Crippen molar-refractivity contribution in [2.45, 2.75) is 38.8 Å². The second-order valence-corrected chi connectivity index (χ2v) is 3.64. The Morgan fingerprint density at radius 1 is 1.46 bits per heavy atom. The van der Waals surface area contributed by atoms with E-state index in [2.05, 4.69) is 11.8 Å². The van der Waals surface area contributed by atoms with Gasteiger partial charge in [-0.3, -0.25) is 4.90 Å². The lowest BCUT2D eigenvalue weighted by Crippen LogP contribution is -2.32. The molecule has 3 nitrogen and oxygen atoms in total. The van der Waals surface area contributed by atoms with Gasteiger partial charge >= 0.3 is 0 Å². The van der Waals surface area contributed by atoms with E-state index >= 15 is 0 Å². The number of aliphatic hydroxyl groups excluding tert-OH is 1. The molecule has 1 aliphatic heterocycles. The Labute approximate surface area is 80.7 Å². The summed E-state index contributed by atoms with van der Waals surface area (Å²) in [7, 11) is 0. The number of likely N-dealkylation sites (tertiary alicyclic amines) is 1. The van der Waals surface area contributed by atoms with E-state index in [1.165, 1.54) is 0 Å². The summed E-state index contributed by atoms with van der Waals surface area (Å²) in [6.45, 7) is 7.55. The van der Waals surface area contributed by atoms with E-state index in [4.69, 9.17) is 4.74 Å². The van der Waals surface area contributed by atoms with Crippen LogP contribution in [0.1, 0.15) is 26.7 Å². The zero-order chi connectivity index (χ0) is 9.68. The highest BCUT2D eigenvalue weighted by atomic mass is 16.5. The van der Waals surface area contributed by atoms with Crippen molar-refractivity contribution in [1.29, 1.82) is 0 Å². The fourth-order valence-electron chi connectivity index (χ4n) is 1.98. The maximum atomic E-state index is 9.48. The molecule has 0 aliphatic carbocycles. The van der Waals surface area contributed by atoms with Gasteiger partial charge in [-0.15, -0.1) is 0 Å². The molecular formula is C10H21NO2. The van der Waals surface area contributed by atoms with Gasteiger partial charge in [-0.2, -0.15) is 0 Å². The minimum atomic E-state index is -0.119. The Hall–Kier alpha value is -0.120. The van der Waals surface area contributed by atoms with Crippen molar-refractivity contribution in [2.24, 2.45) is 0 Å². The molecule has 78 valence electrons. The van der Waals surface area contributed by atoms with Gasteiger partial charge in [-0.25, -0.2) is 0 Å². The monoisotopic (exact) mass is 187 g/mol. The van der Waals surface area contributed by atoms with E-state index in [1.807, 2.05) is 6.92 Å². The molecule has 2 atom stereocenters. The second-order valence-electron chi connectivity index (χ2n) is 3.64. The molecule has 0 spiro atoms. The lowest BCUT2D eigenvalue weighted by atomic mass is 10.1. The van der Waals surface area contributed by atoms with Gasteiger partial charge in [0.15, 0.2) is 0 Å². The standard InChI is InChI=1S/C10H21NO2/c1-3-9-7-10(12)8-11(9)5-6-13-4-2/h9-10,12H,3-8H2,1-2H3. The van der Waals surface area contributed by atoms with E-state index in [1.54, 1.807) is 0 Å². The zero-order valence-electron chi connectivity index (χ0n) is 8.70. The summed E-state index contributed by atoms with van der Waals surface area (Å²) < 4.78 is 5.30. The molecule has 13 heavy (non-hydrogen) atoms. The largest absolute Gasteiger partial charge is 0.392 e. The van der Waals surface area contributed by atoms with E-state index < -0.39 is 0 Å². The second kappa shape index (κ2) is 5.58. The Balaban J connectivity index is 2.23. The third-order valence-corrected chi connectivity index (χ3v) is 2.70. The topological polar surface area (TPSA) is 32.7 Å². The number of aliphatic hydroxyl groups is 1. The third kappa shape index (κ3) is 3.25. The Morgan fingerprint density at radius 2 is 2.23 bits per heavy atom. The first-order chi connectivity index (χ1) is 6.27. The molecule has 1 N–H and O–H groups in total. The number of β-amino-alcohol motifs (C(OH)–C–C–N with tert-alkyl or cyclic N) is 1. The van der Waals surface area contributed by atoms with Crippen LogP contribution in [-0.4, -0.2) is 48.5 Å². The van der Waals surface area contributed by atoms with Gasteiger partial charge in [0.05, 0.1) is 12.7 Å². The van der Waals surface area contributed by atoms with E-state index in [-0.39, 0.29) is 6.10 Å². The molecule has 0 saturated carbocycles. The Bertz CT molecular complexity index is 141. The lowest BCUT2D eigenvalue weighted by molar-refractivity contribution is 0.102. The molecule has 0 bridgehead atoms. The smallest absolute Gasteiger partial charge is 0.0682 e. The summed E-state index contributed by atoms with van der Waals surface area (Å²) in [5.41, 5.74) is 0. The number of nitrogens with zero attached hydrogens (tertiary/aromatic N) is 1. The summed E-state index contributed by atoms with van der Waals surface area (Å²) >= 11 is 0. The van der Waals surface area contributed by atoms with Gasteiger partial charge in [-0.1, -0.05) is 6.92 Å². The average Bonchev–Trinajstić information content (AvgIpc) is 2.47. The summed E-state index contributed by atoms with van der Waals surface area (Å²) in [6.07, 6.45) is 1.94. The fraction of sp³-hybridized carbons (Fsp3) is 1.00. The minimum Gasteiger partial charge on any atom is -0.392 e. The molecular weight excluding hydrogens is 166 g/mol. The molecule has 2 unspecified atom stereocenters. The van der Waals surface area contributed by atoms with Crippen LogP contribution >= 0.6 is 0 Å². The molecule has 0 radical (unpaired) electrons. The van der Waals surface area contributed by atoms with Crippen LogP contribution in [0.15, 0.2) is 0 Å². The van der Waals surface area contributed by atoms with E-state index in [0.29, 0.717) is 6.04 Å². The highest BCUT2D eigenvalue weighted by molar-refractivity contribution is 4.83. The van der Waals surface area contributed by atoms with Gasteiger partial charge in [-0.05, 0) is 19.8 Å². The highest BCUT2D eigenvalue weighted by Gasteiger charge is 2.28. The first-order valence-corrected chi connectivity index (χ1v) is 5.27. The van der Waals surface area contributed by atoms with Crippen molar-refractivity contribution in [2.75, 3.05) is 26.3 Å². The fourth-order valence-corrected chi connectivity index (χ4v) is 1.98. The normalized spacial score (nSPS) is 29.8. The molecule has 1 heterocycles. The lowest BCUT2D eigenvalue weighted by Gasteiger charge is -2.22. The van der Waals surface area contributed by atoms with Crippen molar-refractivity contribution in [3.05, 3.63) is 0 Å². The summed E-state index contributed by atoms with van der Waals surface area (Å²) in [4.78, 5) is 2.33. The van der Waals surface area contributed by atoms with Gasteiger partial charge in [0.25, 0.3) is 0 Å². The van der Waals surface area contributed by atoms with Crippen molar-refractivity contribution in [3.63, 3.8) is 0 Å². The number of ether oxygens (including phenoxy) is 1. The van der Waals surface area contributed by atoms with Crippen LogP contribution in [0.5, 0.6) is 0 Å². The number of hydrogen-bond acceptors (Lipinski definition) is 3. The molecule has 0 aromatic rings. The van der Waals surface area contributed by atoms with E-state index in [9.17, 15) is 5.11 Å². The minimum absolute atomic E-state index is 0.119. The summed E-state index contributed by atoms with van der Waals surface area (Å²) in [5.74, 6) is 0. The summed E-state index contributed by atoms with van der Waals surface area (Å²) in [5, 5.41) is 9.48. The predicted molar refractivity (Wildman–Crippen MR) is 52.8 cm³/mol. The van der Waals surface area contributed by atoms with Crippen LogP contribution in [0, 0.1) is 0 Å². The first kappa shape index (κ1) is 11.0. The molecule has 0 aromatic heterocycles. The molecule has 0 amide bonds. The predicted octanol–water partition coefficient (Wildman–Crippen LogP) is 0.868. The molecule has 0 aromatic carbocycles. The summed E-state index contributed by atoms with van der Waals surface area (Å²) in [6, 6.07) is 0.565. The van der Waals surface area contributed by atoms with Crippen molar-refractivity contribution < 1.29 is 9.84 Å². The first-order valence-electron chi connectivity index (χ1n) is 5.27. The van der Waals surface area contributed by atoms with Gasteiger partial charge in [0, 0.05) is 25.7 Å². The maximum absolute atomic E-state index is 9.48. The quantitative estimate of drug-likeness (QED) is 0.648. The molecule has 3 heteroatoms. The number of rotatable bonds is 5. The zero-order valence-corrected chi connectivity index (χ0v) is 8.70. The number of hydrogen-bond donors (Lipinski definition) is 1. The van der Waals surface area contributed by atoms with Crippen LogP contribution in [0.2, 0.25) is 0 Å². The van der Waals surface area contributed by atoms with Crippen LogP contribution in [0.25, 0.3) is 0 Å². The Kier molecular flexibility index (Phi) is 4.70. The van der Waals surface area contributed by atoms with Gasteiger partial charge < -0.3 is 9.84 Å². The van der Waals surface area contributed by atoms with Gasteiger partial charge in [0.2, 0.25) is 0 Å². The average molecular weight is 187 g/mol. The van der Waals surface area contributed by atoms with Crippen LogP contribution < -0.4 is 0 Å². The highest BCUT2D eigenvalue weighted by Crippen LogP contribution is 2.19. The maximum Gasteiger partial charge on any atom is 0.0682 e. The van der Waals surface area contributed by atoms with E-state index in [0.717, 1.165) is 39.1 Å². The van der Waals surface area contributed by atoms with Crippen molar-refractivity contribution in [3.8, 4) is 0 Å². The third-order valence-electron chi connectivity index (χ3n) is 2.70. The molecule has 1 fully saturated rings. The van der Waals surface area contributed by atoms with Crippen LogP contribution in [-0.2, 0) is 4.74 Å². The molecule has 1 saturated heterocycles.